The molecular formula is C22H30N4O7S. The molecule has 2 aromatic carbocycles. The lowest BCUT2D eigenvalue weighted by molar-refractivity contribution is -0.118. The summed E-state index contributed by atoms with van der Waals surface area (Å²) in [4.78, 5) is 25.2. The van der Waals surface area contributed by atoms with Gasteiger partial charge in [-0.05, 0) is 37.0 Å². The van der Waals surface area contributed by atoms with E-state index in [1.807, 2.05) is 30.3 Å². The first-order chi connectivity index (χ1) is 16.2. The van der Waals surface area contributed by atoms with Crippen LogP contribution >= 0.6 is 0 Å². The summed E-state index contributed by atoms with van der Waals surface area (Å²) in [6, 6.07) is 13.1. The molecule has 0 fully saturated rings. The van der Waals surface area contributed by atoms with Crippen molar-refractivity contribution >= 4 is 27.9 Å². The molecule has 11 nitrogen and oxygen atoms in total. The molecule has 0 spiro atoms. The molecule has 5 N–H and O–H groups in total. The number of ether oxygens (including phenoxy) is 3. The summed E-state index contributed by atoms with van der Waals surface area (Å²) in [7, 11) is -0.808. The van der Waals surface area contributed by atoms with E-state index in [-0.39, 0.29) is 19.6 Å². The van der Waals surface area contributed by atoms with Crippen LogP contribution in [-0.2, 0) is 26.3 Å². The van der Waals surface area contributed by atoms with Crippen LogP contribution in [0.4, 0.5) is 10.5 Å². The summed E-state index contributed by atoms with van der Waals surface area (Å²) in [6.45, 7) is 0.163. The van der Waals surface area contributed by atoms with Gasteiger partial charge < -0.3 is 24.8 Å². The van der Waals surface area contributed by atoms with Gasteiger partial charge in [-0.2, -0.15) is 8.42 Å². The topological polar surface area (TPSA) is 158 Å². The monoisotopic (exact) mass is 494 g/mol. The molecule has 0 aliphatic rings. The van der Waals surface area contributed by atoms with E-state index in [0.29, 0.717) is 30.0 Å². The lowest BCUT2D eigenvalue weighted by Gasteiger charge is -2.19. The Morgan fingerprint density at radius 2 is 1.71 bits per heavy atom. The number of anilines is 1. The Morgan fingerprint density at radius 3 is 2.35 bits per heavy atom. The largest absolute Gasteiger partial charge is 0.493 e. The minimum Gasteiger partial charge on any atom is -0.493 e. The van der Waals surface area contributed by atoms with Crippen molar-refractivity contribution in [2.75, 3.05) is 26.1 Å². The van der Waals surface area contributed by atoms with E-state index in [2.05, 4.69) is 15.4 Å². The number of nitrogens with two attached hydrogens (primary N) is 1. The van der Waals surface area contributed by atoms with Crippen LogP contribution in [0.5, 0.6) is 11.5 Å². The van der Waals surface area contributed by atoms with Gasteiger partial charge in [0.05, 0.1) is 14.2 Å². The van der Waals surface area contributed by atoms with Crippen LogP contribution in [0.25, 0.3) is 0 Å². The SMILES string of the molecule is COc1ccc(NC(=O)[C@H](CCCCNS(N)(=O)=O)NC(=O)OCc2ccccc2)cc1OC. The Balaban J connectivity index is 2.00. The number of carbonyl (C=O) groups excluding carboxylic acids is 2. The van der Waals surface area contributed by atoms with Gasteiger partial charge in [0, 0.05) is 18.3 Å². The molecule has 0 aliphatic carbocycles. The molecule has 0 aliphatic heterocycles. The minimum absolute atomic E-state index is 0.0506. The molecule has 2 rings (SSSR count). The van der Waals surface area contributed by atoms with E-state index in [4.69, 9.17) is 19.3 Å². The Morgan fingerprint density at radius 1 is 1.00 bits per heavy atom. The van der Waals surface area contributed by atoms with Gasteiger partial charge in [0.1, 0.15) is 12.6 Å². The zero-order valence-electron chi connectivity index (χ0n) is 19.1. The van der Waals surface area contributed by atoms with Crippen molar-refractivity contribution in [3.63, 3.8) is 0 Å². The molecule has 0 heterocycles. The third kappa shape index (κ3) is 9.65. The van der Waals surface area contributed by atoms with Crippen LogP contribution in [-0.4, -0.2) is 47.2 Å². The fraction of sp³-hybridized carbons (Fsp3) is 0.364. The first kappa shape index (κ1) is 26.9. The van der Waals surface area contributed by atoms with E-state index >= 15 is 0 Å². The van der Waals surface area contributed by atoms with Gasteiger partial charge in [0.15, 0.2) is 11.5 Å². The highest BCUT2D eigenvalue weighted by molar-refractivity contribution is 7.87. The van der Waals surface area contributed by atoms with Crippen LogP contribution in [0.15, 0.2) is 48.5 Å². The van der Waals surface area contributed by atoms with Crippen molar-refractivity contribution < 1.29 is 32.2 Å². The molecule has 0 aromatic heterocycles. The zero-order chi connectivity index (χ0) is 25.0. The molecule has 0 saturated carbocycles. The highest BCUT2D eigenvalue weighted by Gasteiger charge is 2.22. The smallest absolute Gasteiger partial charge is 0.408 e. The van der Waals surface area contributed by atoms with Gasteiger partial charge in [-0.3, -0.25) is 4.79 Å². The maximum atomic E-state index is 12.9. The van der Waals surface area contributed by atoms with Crippen LogP contribution in [0, 0.1) is 0 Å². The van der Waals surface area contributed by atoms with Crippen molar-refractivity contribution in [3.8, 4) is 11.5 Å². The molecule has 0 bridgehead atoms. The third-order valence-corrected chi connectivity index (χ3v) is 5.30. The van der Waals surface area contributed by atoms with Gasteiger partial charge in [-0.25, -0.2) is 14.7 Å². The van der Waals surface area contributed by atoms with Gasteiger partial charge in [0.25, 0.3) is 10.2 Å². The van der Waals surface area contributed by atoms with E-state index in [0.717, 1.165) is 5.56 Å². The molecule has 2 aromatic rings. The summed E-state index contributed by atoms with van der Waals surface area (Å²) in [5.74, 6) is 0.464. The molecular weight excluding hydrogens is 464 g/mol. The molecule has 0 unspecified atom stereocenters. The van der Waals surface area contributed by atoms with Gasteiger partial charge in [-0.1, -0.05) is 30.3 Å². The van der Waals surface area contributed by atoms with Crippen molar-refractivity contribution in [2.24, 2.45) is 5.14 Å². The Labute approximate surface area is 199 Å². The van der Waals surface area contributed by atoms with Crippen molar-refractivity contribution in [1.29, 1.82) is 0 Å². The number of hydrogen-bond acceptors (Lipinski definition) is 7. The molecule has 0 radical (unpaired) electrons. The summed E-state index contributed by atoms with van der Waals surface area (Å²) < 4.78 is 39.8. The third-order valence-electron chi connectivity index (χ3n) is 4.70. The van der Waals surface area contributed by atoms with E-state index < -0.39 is 28.3 Å². The zero-order valence-corrected chi connectivity index (χ0v) is 19.9. The predicted octanol–water partition coefficient (Wildman–Crippen LogP) is 1.90. The quantitative estimate of drug-likeness (QED) is 0.310. The van der Waals surface area contributed by atoms with Crippen molar-refractivity contribution in [1.82, 2.24) is 10.0 Å². The lowest BCUT2D eigenvalue weighted by atomic mass is 10.1. The first-order valence-corrected chi connectivity index (χ1v) is 12.0. The van der Waals surface area contributed by atoms with Gasteiger partial charge in [-0.15, -0.1) is 0 Å². The maximum Gasteiger partial charge on any atom is 0.408 e. The fourth-order valence-corrected chi connectivity index (χ4v) is 3.44. The Hall–Kier alpha value is -3.35. The molecule has 2 amide bonds. The number of hydrogen-bond donors (Lipinski definition) is 4. The Bertz CT molecular complexity index is 1050. The standard InChI is InChI=1S/C22H30N4O7S/c1-31-19-12-11-17(14-20(19)32-2)25-21(27)18(10-6-7-13-24-34(23,29)30)26-22(28)33-15-16-8-4-3-5-9-16/h3-5,8-9,11-12,14,18,24H,6-7,10,13,15H2,1-2H3,(H,25,27)(H,26,28)(H2,23,29,30)/t18-/m0/s1. The van der Waals surface area contributed by atoms with E-state index in [1.165, 1.54) is 14.2 Å². The van der Waals surface area contributed by atoms with Crippen LogP contribution < -0.4 is 30.0 Å². The Kier molecular flexibility index (Phi) is 10.6. The van der Waals surface area contributed by atoms with Crippen molar-refractivity contribution in [2.45, 2.75) is 31.9 Å². The fourth-order valence-electron chi connectivity index (χ4n) is 3.01. The molecule has 1 atom stereocenters. The first-order valence-electron chi connectivity index (χ1n) is 10.5. The second-order valence-electron chi connectivity index (χ2n) is 7.25. The van der Waals surface area contributed by atoms with Crippen LogP contribution in [0.1, 0.15) is 24.8 Å². The molecule has 34 heavy (non-hydrogen) atoms. The van der Waals surface area contributed by atoms with Gasteiger partial charge >= 0.3 is 6.09 Å². The number of methoxy groups -OCH3 is 2. The highest BCUT2D eigenvalue weighted by Crippen LogP contribution is 2.29. The highest BCUT2D eigenvalue weighted by atomic mass is 32.2. The minimum atomic E-state index is -3.79. The number of unbranched alkanes of at least 4 members (excludes halogenated alkanes) is 1. The number of benzene rings is 2. The molecule has 12 heteroatoms. The molecule has 0 saturated heterocycles. The molecule has 186 valence electrons. The normalized spacial score (nSPS) is 11.9. The summed E-state index contributed by atoms with van der Waals surface area (Å²) in [5.41, 5.74) is 1.25. The predicted molar refractivity (Wildman–Crippen MR) is 127 cm³/mol. The number of nitrogens with one attached hydrogen (secondary N) is 3. The number of alkyl carbamates (subject to hydrolysis) is 1. The number of rotatable bonds is 13. The van der Waals surface area contributed by atoms with E-state index in [9.17, 15) is 18.0 Å². The van der Waals surface area contributed by atoms with Crippen LogP contribution in [0.3, 0.4) is 0 Å². The average molecular weight is 495 g/mol. The summed E-state index contributed by atoms with van der Waals surface area (Å²) in [6.07, 6.45) is 0.341. The number of carbonyl (C=O) groups is 2. The lowest BCUT2D eigenvalue weighted by Crippen LogP contribution is -2.44. The van der Waals surface area contributed by atoms with Crippen molar-refractivity contribution in [3.05, 3.63) is 54.1 Å². The summed E-state index contributed by atoms with van der Waals surface area (Å²) in [5, 5.41) is 10.2. The maximum absolute atomic E-state index is 12.9. The summed E-state index contributed by atoms with van der Waals surface area (Å²) >= 11 is 0. The number of amides is 2. The van der Waals surface area contributed by atoms with E-state index in [1.54, 1.807) is 18.2 Å². The second kappa shape index (κ2) is 13.4. The average Bonchev–Trinajstić information content (AvgIpc) is 2.81. The van der Waals surface area contributed by atoms with Crippen LogP contribution in [0.2, 0.25) is 0 Å². The second-order valence-corrected chi connectivity index (χ2v) is 8.63. The van der Waals surface area contributed by atoms with Gasteiger partial charge in [0.2, 0.25) is 5.91 Å².